The van der Waals surface area contributed by atoms with Gasteiger partial charge in [0.25, 0.3) is 0 Å². The Morgan fingerprint density at radius 2 is 1.67 bits per heavy atom. The van der Waals surface area contributed by atoms with Gasteiger partial charge in [0, 0.05) is 38.0 Å². The molecule has 0 spiro atoms. The van der Waals surface area contributed by atoms with Crippen LogP contribution in [0.2, 0.25) is 0 Å². The zero-order chi connectivity index (χ0) is 22.1. The van der Waals surface area contributed by atoms with Crippen molar-refractivity contribution >= 4 is 18.6 Å². The van der Waals surface area contributed by atoms with Crippen LogP contribution in [0.15, 0.2) is 52.1 Å². The van der Waals surface area contributed by atoms with Gasteiger partial charge in [-0.05, 0) is 75.9 Å². The maximum atomic E-state index is 6.29. The first-order valence-corrected chi connectivity index (χ1v) is 10.4. The highest BCUT2D eigenvalue weighted by atomic mass is 16.7. The first-order chi connectivity index (χ1) is 14.1. The SMILES string of the molecule is CC/C(B1OC(C)(C)C(C)(C)O1)=C1/C=C(C#Cc2ccc(N(C)C)cc2)NC1=NC. The van der Waals surface area contributed by atoms with Gasteiger partial charge in [-0.25, -0.2) is 0 Å². The van der Waals surface area contributed by atoms with Crippen molar-refractivity contribution in [1.29, 1.82) is 0 Å². The summed E-state index contributed by atoms with van der Waals surface area (Å²) >= 11 is 0. The van der Waals surface area contributed by atoms with E-state index in [1.807, 2.05) is 32.3 Å². The van der Waals surface area contributed by atoms with E-state index in [4.69, 9.17) is 9.31 Å². The fraction of sp³-hybridized carbons (Fsp3) is 0.458. The first-order valence-electron chi connectivity index (χ1n) is 10.4. The zero-order valence-corrected chi connectivity index (χ0v) is 19.4. The van der Waals surface area contributed by atoms with Crippen LogP contribution in [0.4, 0.5) is 5.69 Å². The predicted octanol–water partition coefficient (Wildman–Crippen LogP) is 3.96. The summed E-state index contributed by atoms with van der Waals surface area (Å²) < 4.78 is 12.6. The van der Waals surface area contributed by atoms with Crippen molar-refractivity contribution in [1.82, 2.24) is 5.32 Å². The number of hydrogen-bond acceptors (Lipinski definition) is 4. The van der Waals surface area contributed by atoms with Crippen LogP contribution in [-0.4, -0.2) is 45.3 Å². The van der Waals surface area contributed by atoms with Crippen molar-refractivity contribution in [2.24, 2.45) is 4.99 Å². The van der Waals surface area contributed by atoms with E-state index in [2.05, 4.69) is 73.8 Å². The van der Waals surface area contributed by atoms with Crippen LogP contribution in [0.25, 0.3) is 0 Å². The van der Waals surface area contributed by atoms with Crippen molar-refractivity contribution in [3.05, 3.63) is 52.6 Å². The van der Waals surface area contributed by atoms with Gasteiger partial charge >= 0.3 is 7.12 Å². The number of anilines is 1. The molecule has 0 bridgehead atoms. The van der Waals surface area contributed by atoms with Gasteiger partial charge in [-0.15, -0.1) is 0 Å². The van der Waals surface area contributed by atoms with Gasteiger partial charge in [0.05, 0.1) is 16.9 Å². The van der Waals surface area contributed by atoms with Gasteiger partial charge in [0.1, 0.15) is 5.84 Å². The number of hydrogen-bond donors (Lipinski definition) is 1. The Morgan fingerprint density at radius 3 is 2.17 bits per heavy atom. The third-order valence-electron chi connectivity index (χ3n) is 6.01. The number of aliphatic imine (C=N–C) groups is 1. The molecule has 1 N–H and O–H groups in total. The standard InChI is InChI=1S/C24H32BN3O2/c1-9-21(25-29-23(2,3)24(4,5)30-25)20-16-18(27-22(20)26-6)13-10-17-11-14-19(15-12-17)28(7)8/h11-12,14-16H,9H2,1-8H3,(H,26,27)/b21-20+. The Labute approximate surface area is 181 Å². The molecule has 2 heterocycles. The Hall–Kier alpha value is -2.49. The highest BCUT2D eigenvalue weighted by molar-refractivity contribution is 6.55. The van der Waals surface area contributed by atoms with Crippen LogP contribution in [0.5, 0.6) is 0 Å². The average molecular weight is 405 g/mol. The largest absolute Gasteiger partial charge is 0.491 e. The lowest BCUT2D eigenvalue weighted by Crippen LogP contribution is -2.41. The molecule has 1 aromatic rings. The third kappa shape index (κ3) is 4.33. The fourth-order valence-corrected chi connectivity index (χ4v) is 3.38. The van der Waals surface area contributed by atoms with Crippen LogP contribution < -0.4 is 10.2 Å². The molecule has 3 rings (SSSR count). The third-order valence-corrected chi connectivity index (χ3v) is 6.01. The predicted molar refractivity (Wildman–Crippen MR) is 126 cm³/mol. The topological polar surface area (TPSA) is 46.1 Å². The summed E-state index contributed by atoms with van der Waals surface area (Å²) in [6.07, 6.45) is 2.85. The summed E-state index contributed by atoms with van der Waals surface area (Å²) in [5.74, 6) is 7.26. The molecule has 5 nitrogen and oxygen atoms in total. The van der Waals surface area contributed by atoms with Gasteiger partial charge < -0.3 is 19.5 Å². The average Bonchev–Trinajstić information content (AvgIpc) is 3.18. The van der Waals surface area contributed by atoms with Gasteiger partial charge in [0.2, 0.25) is 0 Å². The highest BCUT2D eigenvalue weighted by Crippen LogP contribution is 2.40. The molecule has 0 amide bonds. The van der Waals surface area contributed by atoms with Crippen LogP contribution in [-0.2, 0) is 9.31 Å². The second-order valence-electron chi connectivity index (χ2n) is 8.83. The van der Waals surface area contributed by atoms with E-state index in [9.17, 15) is 0 Å². The molecule has 0 saturated carbocycles. The second-order valence-corrected chi connectivity index (χ2v) is 8.83. The molecule has 0 aliphatic carbocycles. The minimum Gasteiger partial charge on any atom is -0.400 e. The summed E-state index contributed by atoms with van der Waals surface area (Å²) in [5.41, 5.74) is 4.28. The van der Waals surface area contributed by atoms with Crippen molar-refractivity contribution < 1.29 is 9.31 Å². The Kier molecular flexibility index (Phi) is 6.17. The monoisotopic (exact) mass is 405 g/mol. The van der Waals surface area contributed by atoms with Crippen LogP contribution >= 0.6 is 0 Å². The maximum absolute atomic E-state index is 6.29. The summed E-state index contributed by atoms with van der Waals surface area (Å²) in [6, 6.07) is 8.20. The molecule has 158 valence electrons. The molecular weight excluding hydrogens is 373 g/mol. The van der Waals surface area contributed by atoms with E-state index in [1.54, 1.807) is 7.05 Å². The summed E-state index contributed by atoms with van der Waals surface area (Å²) in [7, 11) is 5.44. The lowest BCUT2D eigenvalue weighted by Gasteiger charge is -2.32. The van der Waals surface area contributed by atoms with Crippen LogP contribution in [0.1, 0.15) is 46.6 Å². The minimum atomic E-state index is -0.393. The number of amidine groups is 1. The smallest absolute Gasteiger partial charge is 0.400 e. The second kappa shape index (κ2) is 8.33. The molecule has 1 fully saturated rings. The van der Waals surface area contributed by atoms with Gasteiger partial charge in [-0.3, -0.25) is 4.99 Å². The van der Waals surface area contributed by atoms with E-state index < -0.39 is 7.12 Å². The lowest BCUT2D eigenvalue weighted by molar-refractivity contribution is 0.00578. The van der Waals surface area contributed by atoms with E-state index in [-0.39, 0.29) is 11.2 Å². The Bertz CT molecular complexity index is 944. The fourth-order valence-electron chi connectivity index (χ4n) is 3.38. The zero-order valence-electron chi connectivity index (χ0n) is 19.4. The molecule has 0 atom stereocenters. The molecule has 30 heavy (non-hydrogen) atoms. The van der Waals surface area contributed by atoms with Crippen molar-refractivity contribution in [2.75, 3.05) is 26.0 Å². The highest BCUT2D eigenvalue weighted by Gasteiger charge is 2.52. The maximum Gasteiger partial charge on any atom is 0.491 e. The van der Waals surface area contributed by atoms with Crippen LogP contribution in [0, 0.1) is 11.8 Å². The number of nitrogens with zero attached hydrogens (tertiary/aromatic N) is 2. The molecule has 0 radical (unpaired) electrons. The van der Waals surface area contributed by atoms with E-state index in [0.717, 1.165) is 40.2 Å². The van der Waals surface area contributed by atoms with Crippen LogP contribution in [0.3, 0.4) is 0 Å². The van der Waals surface area contributed by atoms with Gasteiger partial charge in [0.15, 0.2) is 0 Å². The Balaban J connectivity index is 1.90. The molecular formula is C24H32BN3O2. The van der Waals surface area contributed by atoms with Crippen molar-refractivity contribution in [3.8, 4) is 11.8 Å². The molecule has 1 aromatic carbocycles. The summed E-state index contributed by atoms with van der Waals surface area (Å²) in [5, 5.41) is 3.33. The first kappa shape index (κ1) is 22.2. The molecule has 2 aliphatic heterocycles. The van der Waals surface area contributed by atoms with Crippen molar-refractivity contribution in [2.45, 2.75) is 52.2 Å². The lowest BCUT2D eigenvalue weighted by atomic mass is 9.73. The summed E-state index contributed by atoms with van der Waals surface area (Å²) in [6.45, 7) is 10.4. The number of benzene rings is 1. The summed E-state index contributed by atoms with van der Waals surface area (Å²) in [4.78, 5) is 6.50. The number of nitrogens with one attached hydrogen (secondary N) is 1. The molecule has 2 aliphatic rings. The van der Waals surface area contributed by atoms with E-state index >= 15 is 0 Å². The number of allylic oxidation sites excluding steroid dienone is 2. The Morgan fingerprint density at radius 1 is 1.07 bits per heavy atom. The van der Waals surface area contributed by atoms with E-state index in [1.165, 1.54) is 0 Å². The molecule has 6 heteroatoms. The normalized spacial score (nSPS) is 22.3. The number of rotatable bonds is 3. The molecule has 0 unspecified atom stereocenters. The van der Waals surface area contributed by atoms with Crippen molar-refractivity contribution in [3.63, 3.8) is 0 Å². The minimum absolute atomic E-state index is 0.376. The quantitative estimate of drug-likeness (QED) is 0.611. The van der Waals surface area contributed by atoms with Gasteiger partial charge in [-0.2, -0.15) is 0 Å². The van der Waals surface area contributed by atoms with Gasteiger partial charge in [-0.1, -0.05) is 12.8 Å². The molecule has 1 saturated heterocycles. The molecule has 0 aromatic heterocycles. The van der Waals surface area contributed by atoms with E-state index in [0.29, 0.717) is 0 Å².